The Hall–Kier alpha value is -2.42. The molecule has 29 heavy (non-hydrogen) atoms. The van der Waals surface area contributed by atoms with Gasteiger partial charge in [-0.2, -0.15) is 0 Å². The van der Waals surface area contributed by atoms with Crippen molar-refractivity contribution >= 4 is 21.4 Å². The van der Waals surface area contributed by atoms with Gasteiger partial charge in [0.2, 0.25) is 5.91 Å². The van der Waals surface area contributed by atoms with E-state index in [0.29, 0.717) is 38.4 Å². The number of rotatable bonds is 4. The molecule has 1 amide bonds. The Kier molecular flexibility index (Phi) is 5.71. The highest BCUT2D eigenvalue weighted by Gasteiger charge is 2.32. The van der Waals surface area contributed by atoms with Crippen molar-refractivity contribution in [2.24, 2.45) is 0 Å². The van der Waals surface area contributed by atoms with Crippen LogP contribution in [0.5, 0.6) is 0 Å². The highest BCUT2D eigenvalue weighted by molar-refractivity contribution is 7.92. The molecule has 1 fully saturated rings. The number of aryl methyl sites for hydroxylation is 2. The zero-order valence-corrected chi connectivity index (χ0v) is 18.4. The first-order chi connectivity index (χ1) is 13.5. The van der Waals surface area contributed by atoms with Crippen LogP contribution in [0, 0.1) is 13.8 Å². The fourth-order valence-corrected chi connectivity index (χ4v) is 4.33. The molecule has 1 aliphatic heterocycles. The van der Waals surface area contributed by atoms with Crippen LogP contribution >= 0.6 is 0 Å². The van der Waals surface area contributed by atoms with Crippen molar-refractivity contribution in [3.05, 3.63) is 35.3 Å². The van der Waals surface area contributed by atoms with Crippen molar-refractivity contribution in [2.45, 2.75) is 50.8 Å². The lowest BCUT2D eigenvalue weighted by Gasteiger charge is -2.36. The molecule has 0 aromatic carbocycles. The number of nitrogens with zero attached hydrogens (tertiary/aromatic N) is 4. The minimum Gasteiger partial charge on any atom is -0.367 e. The maximum Gasteiger partial charge on any atom is 0.227 e. The van der Waals surface area contributed by atoms with Gasteiger partial charge in [-0.3, -0.25) is 4.79 Å². The molecule has 1 aliphatic rings. The Morgan fingerprint density at radius 3 is 2.28 bits per heavy atom. The molecule has 0 bridgehead atoms. The van der Waals surface area contributed by atoms with Gasteiger partial charge in [0.15, 0.2) is 14.9 Å². The quantitative estimate of drug-likeness (QED) is 0.748. The fraction of sp³-hybridized carbons (Fsp3) is 0.550. The van der Waals surface area contributed by atoms with Gasteiger partial charge in [0.1, 0.15) is 5.76 Å². The zero-order chi connectivity index (χ0) is 21.4. The predicted molar refractivity (Wildman–Crippen MR) is 110 cm³/mol. The third kappa shape index (κ3) is 4.29. The summed E-state index contributed by atoms with van der Waals surface area (Å²) in [6, 6.07) is 3.35. The highest BCUT2D eigenvalue weighted by Crippen LogP contribution is 2.25. The van der Waals surface area contributed by atoms with Gasteiger partial charge in [-0.1, -0.05) is 5.16 Å². The van der Waals surface area contributed by atoms with Gasteiger partial charge in [-0.25, -0.2) is 13.4 Å². The summed E-state index contributed by atoms with van der Waals surface area (Å²) in [7, 11) is -3.47. The predicted octanol–water partition coefficient (Wildman–Crippen LogP) is 2.15. The molecule has 9 heteroatoms. The summed E-state index contributed by atoms with van der Waals surface area (Å²) in [6.07, 6.45) is 1.89. The number of anilines is 1. The Morgan fingerprint density at radius 2 is 1.79 bits per heavy atom. The third-order valence-electron chi connectivity index (χ3n) is 5.31. The van der Waals surface area contributed by atoms with Crippen LogP contribution in [0.2, 0.25) is 0 Å². The van der Waals surface area contributed by atoms with Gasteiger partial charge in [-0.15, -0.1) is 0 Å². The summed E-state index contributed by atoms with van der Waals surface area (Å²) in [5.74, 6) is 0.745. The molecule has 2 aromatic heterocycles. The molecule has 8 nitrogen and oxygen atoms in total. The number of aromatic nitrogens is 2. The maximum atomic E-state index is 12.6. The van der Waals surface area contributed by atoms with E-state index < -0.39 is 14.6 Å². The monoisotopic (exact) mass is 420 g/mol. The summed E-state index contributed by atoms with van der Waals surface area (Å²) in [5.41, 5.74) is 2.47. The first kappa shape index (κ1) is 21.3. The first-order valence-electron chi connectivity index (χ1n) is 9.66. The number of hydrogen-bond donors (Lipinski definition) is 0. The highest BCUT2D eigenvalue weighted by atomic mass is 32.2. The Morgan fingerprint density at radius 1 is 1.14 bits per heavy atom. The largest absolute Gasteiger partial charge is 0.367 e. The van der Waals surface area contributed by atoms with Crippen LogP contribution < -0.4 is 4.90 Å². The number of pyridine rings is 1. The molecule has 0 spiro atoms. The van der Waals surface area contributed by atoms with Gasteiger partial charge in [0.25, 0.3) is 0 Å². The Bertz CT molecular complexity index is 963. The van der Waals surface area contributed by atoms with Gasteiger partial charge in [-0.05, 0) is 46.8 Å². The number of carbonyl (C=O) groups is 1. The standard InChI is InChI=1S/C20H28N4O4S/c1-14-17(15(2)28-22-14)12-19(25)24-10-8-23(9-11-24)16-6-7-18(21-13-16)29(26,27)20(3,4)5/h6-7,13H,8-12H2,1-5H3. The van der Waals surface area contributed by atoms with Gasteiger partial charge < -0.3 is 14.3 Å². The molecule has 2 aromatic rings. The summed E-state index contributed by atoms with van der Waals surface area (Å²) in [6.45, 7) is 11.2. The van der Waals surface area contributed by atoms with E-state index in [1.165, 1.54) is 0 Å². The molecule has 0 radical (unpaired) electrons. The molecule has 0 atom stereocenters. The van der Waals surface area contributed by atoms with E-state index in [4.69, 9.17) is 4.52 Å². The van der Waals surface area contributed by atoms with Crippen molar-refractivity contribution in [1.82, 2.24) is 15.0 Å². The number of amides is 1. The average Bonchev–Trinajstić information content (AvgIpc) is 2.99. The Labute approximate surface area is 171 Å². The van der Waals surface area contributed by atoms with Crippen molar-refractivity contribution < 1.29 is 17.7 Å². The summed E-state index contributed by atoms with van der Waals surface area (Å²) in [4.78, 5) is 20.8. The van der Waals surface area contributed by atoms with Crippen molar-refractivity contribution in [2.75, 3.05) is 31.1 Å². The smallest absolute Gasteiger partial charge is 0.227 e. The minimum atomic E-state index is -3.47. The molecule has 0 N–H and O–H groups in total. The van der Waals surface area contributed by atoms with Crippen LogP contribution in [0.25, 0.3) is 0 Å². The van der Waals surface area contributed by atoms with E-state index in [1.807, 2.05) is 18.7 Å². The van der Waals surface area contributed by atoms with E-state index in [0.717, 1.165) is 16.9 Å². The normalized spacial score (nSPS) is 15.6. The lowest BCUT2D eigenvalue weighted by atomic mass is 10.1. The molecule has 0 aliphatic carbocycles. The third-order valence-corrected chi connectivity index (χ3v) is 7.71. The van der Waals surface area contributed by atoms with Crippen LogP contribution in [0.3, 0.4) is 0 Å². The van der Waals surface area contributed by atoms with Crippen molar-refractivity contribution in [3.8, 4) is 0 Å². The van der Waals surface area contributed by atoms with Crippen molar-refractivity contribution in [3.63, 3.8) is 0 Å². The van der Waals surface area contributed by atoms with Crippen LogP contribution in [0.15, 0.2) is 27.9 Å². The van der Waals surface area contributed by atoms with Gasteiger partial charge >= 0.3 is 0 Å². The molecule has 158 valence electrons. The fourth-order valence-electron chi connectivity index (χ4n) is 3.26. The molecule has 0 unspecified atom stereocenters. The van der Waals surface area contributed by atoms with E-state index in [2.05, 4.69) is 15.0 Å². The lowest BCUT2D eigenvalue weighted by molar-refractivity contribution is -0.130. The molecule has 3 rings (SSSR count). The van der Waals surface area contributed by atoms with Crippen LogP contribution in [-0.4, -0.2) is 60.3 Å². The van der Waals surface area contributed by atoms with Crippen LogP contribution in [0.1, 0.15) is 37.8 Å². The van der Waals surface area contributed by atoms with Gasteiger partial charge in [0, 0.05) is 31.7 Å². The first-order valence-corrected chi connectivity index (χ1v) is 11.1. The zero-order valence-electron chi connectivity index (χ0n) is 17.6. The van der Waals surface area contributed by atoms with Gasteiger partial charge in [0.05, 0.1) is 28.7 Å². The SMILES string of the molecule is Cc1noc(C)c1CC(=O)N1CCN(c2ccc(S(=O)(=O)C(C)(C)C)nc2)CC1. The maximum absolute atomic E-state index is 12.6. The van der Waals surface area contributed by atoms with Crippen molar-refractivity contribution in [1.29, 1.82) is 0 Å². The minimum absolute atomic E-state index is 0.0591. The molecule has 0 saturated carbocycles. The van der Waals surface area contributed by atoms with E-state index in [-0.39, 0.29) is 10.9 Å². The second-order valence-corrected chi connectivity index (χ2v) is 11.0. The second-order valence-electron chi connectivity index (χ2n) is 8.32. The number of hydrogen-bond acceptors (Lipinski definition) is 7. The van der Waals surface area contributed by atoms with E-state index >= 15 is 0 Å². The number of sulfone groups is 1. The summed E-state index contributed by atoms with van der Waals surface area (Å²) < 4.78 is 29.3. The summed E-state index contributed by atoms with van der Waals surface area (Å²) in [5, 5.41) is 3.99. The molecular weight excluding hydrogens is 392 g/mol. The molecule has 3 heterocycles. The topological polar surface area (TPSA) is 96.6 Å². The van der Waals surface area contributed by atoms with E-state index in [1.54, 1.807) is 39.1 Å². The molecule has 1 saturated heterocycles. The van der Waals surface area contributed by atoms with Crippen LogP contribution in [0.4, 0.5) is 5.69 Å². The second kappa shape index (κ2) is 7.78. The van der Waals surface area contributed by atoms with E-state index in [9.17, 15) is 13.2 Å². The molecular formula is C20H28N4O4S. The Balaban J connectivity index is 1.61. The van der Waals surface area contributed by atoms with Crippen LogP contribution in [-0.2, 0) is 21.1 Å². The average molecular weight is 421 g/mol. The lowest BCUT2D eigenvalue weighted by Crippen LogP contribution is -2.49. The summed E-state index contributed by atoms with van der Waals surface area (Å²) >= 11 is 0. The number of piperazine rings is 1. The number of carbonyl (C=O) groups excluding carboxylic acids is 1.